The predicted octanol–water partition coefficient (Wildman–Crippen LogP) is 2.12. The maximum absolute atomic E-state index is 11.5. The molecule has 0 heterocycles. The summed E-state index contributed by atoms with van der Waals surface area (Å²) in [5.41, 5.74) is 0. The van der Waals surface area contributed by atoms with Crippen molar-refractivity contribution in [3.63, 3.8) is 0 Å². The molecule has 1 aliphatic rings. The summed E-state index contributed by atoms with van der Waals surface area (Å²) in [6.45, 7) is 2.53. The number of carbonyl (C=O) groups is 2. The molecular weight excluding hydrogens is 232 g/mol. The summed E-state index contributed by atoms with van der Waals surface area (Å²) < 4.78 is 0. The van der Waals surface area contributed by atoms with Gasteiger partial charge in [-0.3, -0.25) is 4.79 Å². The molecule has 1 aliphatic carbocycles. The Labute approximate surface area is 108 Å². The Morgan fingerprint density at radius 1 is 1.33 bits per heavy atom. The molecule has 0 radical (unpaired) electrons. The molecular formula is C13H24N2O3. The molecule has 104 valence electrons. The van der Waals surface area contributed by atoms with Crippen LogP contribution in [0.3, 0.4) is 0 Å². The normalized spacial score (nSPS) is 17.4. The van der Waals surface area contributed by atoms with Crippen LogP contribution in [0, 0.1) is 5.92 Å². The van der Waals surface area contributed by atoms with Gasteiger partial charge in [0, 0.05) is 19.0 Å². The molecule has 0 saturated heterocycles. The molecule has 1 saturated carbocycles. The molecule has 0 aromatic rings. The highest BCUT2D eigenvalue weighted by Gasteiger charge is 2.15. The third-order valence-corrected chi connectivity index (χ3v) is 3.48. The zero-order chi connectivity index (χ0) is 13.4. The molecule has 0 bridgehead atoms. The lowest BCUT2D eigenvalue weighted by Gasteiger charge is -2.14. The number of urea groups is 1. The Morgan fingerprint density at radius 2 is 2.00 bits per heavy atom. The van der Waals surface area contributed by atoms with E-state index in [1.54, 1.807) is 0 Å². The Bertz CT molecular complexity index is 275. The van der Waals surface area contributed by atoms with Crippen molar-refractivity contribution < 1.29 is 14.7 Å². The molecule has 3 N–H and O–H groups in total. The number of hydrogen-bond acceptors (Lipinski definition) is 2. The van der Waals surface area contributed by atoms with Crippen molar-refractivity contribution in [3.05, 3.63) is 0 Å². The third-order valence-electron chi connectivity index (χ3n) is 3.48. The second-order valence-electron chi connectivity index (χ2n) is 5.17. The van der Waals surface area contributed by atoms with E-state index < -0.39 is 5.97 Å². The second-order valence-corrected chi connectivity index (χ2v) is 5.17. The van der Waals surface area contributed by atoms with E-state index in [2.05, 4.69) is 10.6 Å². The van der Waals surface area contributed by atoms with Crippen molar-refractivity contribution in [2.45, 2.75) is 57.9 Å². The second kappa shape index (κ2) is 7.95. The molecule has 5 heteroatoms. The fraction of sp³-hybridized carbons (Fsp3) is 0.846. The summed E-state index contributed by atoms with van der Waals surface area (Å²) in [4.78, 5) is 21.9. The molecule has 1 unspecified atom stereocenters. The highest BCUT2D eigenvalue weighted by Crippen LogP contribution is 2.26. The monoisotopic (exact) mass is 256 g/mol. The van der Waals surface area contributed by atoms with Gasteiger partial charge in [0.2, 0.25) is 0 Å². The van der Waals surface area contributed by atoms with E-state index in [4.69, 9.17) is 5.11 Å². The van der Waals surface area contributed by atoms with E-state index in [9.17, 15) is 9.59 Å². The molecule has 0 spiro atoms. The smallest absolute Gasteiger partial charge is 0.314 e. The van der Waals surface area contributed by atoms with E-state index in [0.29, 0.717) is 13.0 Å². The first kappa shape index (κ1) is 14.8. The Hall–Kier alpha value is -1.26. The summed E-state index contributed by atoms with van der Waals surface area (Å²) in [5.74, 6) is -0.0555. The topological polar surface area (TPSA) is 78.4 Å². The van der Waals surface area contributed by atoms with Crippen LogP contribution >= 0.6 is 0 Å². The van der Waals surface area contributed by atoms with Gasteiger partial charge in [-0.2, -0.15) is 0 Å². The van der Waals surface area contributed by atoms with Gasteiger partial charge in [-0.1, -0.05) is 25.7 Å². The van der Waals surface area contributed by atoms with Crippen molar-refractivity contribution in [1.29, 1.82) is 0 Å². The summed E-state index contributed by atoms with van der Waals surface area (Å²) in [6.07, 6.45) is 6.83. The molecule has 1 fully saturated rings. The van der Waals surface area contributed by atoms with Crippen LogP contribution in [0.5, 0.6) is 0 Å². The van der Waals surface area contributed by atoms with Gasteiger partial charge in [-0.25, -0.2) is 4.79 Å². The van der Waals surface area contributed by atoms with Crippen molar-refractivity contribution in [2.75, 3.05) is 6.54 Å². The van der Waals surface area contributed by atoms with Crippen molar-refractivity contribution in [2.24, 2.45) is 5.92 Å². The summed E-state index contributed by atoms with van der Waals surface area (Å²) >= 11 is 0. The molecule has 18 heavy (non-hydrogen) atoms. The minimum atomic E-state index is -0.828. The van der Waals surface area contributed by atoms with Crippen LogP contribution in [0.4, 0.5) is 4.79 Å². The Balaban J connectivity index is 2.03. The number of hydrogen-bond donors (Lipinski definition) is 3. The number of amides is 2. The highest BCUT2D eigenvalue weighted by atomic mass is 16.4. The first-order valence-corrected chi connectivity index (χ1v) is 6.84. The van der Waals surface area contributed by atoms with Crippen LogP contribution in [-0.2, 0) is 4.79 Å². The van der Waals surface area contributed by atoms with Crippen LogP contribution in [0.2, 0.25) is 0 Å². The summed E-state index contributed by atoms with van der Waals surface area (Å²) in [5, 5.41) is 14.1. The van der Waals surface area contributed by atoms with E-state index in [1.165, 1.54) is 25.7 Å². The zero-order valence-electron chi connectivity index (χ0n) is 11.1. The molecule has 0 aromatic heterocycles. The average molecular weight is 256 g/mol. The zero-order valence-corrected chi connectivity index (χ0v) is 11.1. The Kier molecular flexibility index (Phi) is 6.54. The van der Waals surface area contributed by atoms with Gasteiger partial charge in [0.15, 0.2) is 0 Å². The fourth-order valence-electron chi connectivity index (χ4n) is 2.38. The molecule has 0 aromatic carbocycles. The largest absolute Gasteiger partial charge is 0.481 e. The van der Waals surface area contributed by atoms with Crippen LogP contribution < -0.4 is 10.6 Å². The lowest BCUT2D eigenvalue weighted by molar-refractivity contribution is -0.137. The van der Waals surface area contributed by atoms with E-state index in [-0.39, 0.29) is 18.5 Å². The molecule has 1 rings (SSSR count). The number of carboxylic acid groups (broad SMARTS) is 1. The molecule has 5 nitrogen and oxygen atoms in total. The number of aliphatic carboxylic acids is 1. The number of nitrogens with one attached hydrogen (secondary N) is 2. The van der Waals surface area contributed by atoms with Crippen LogP contribution in [0.25, 0.3) is 0 Å². The van der Waals surface area contributed by atoms with Crippen LogP contribution in [0.15, 0.2) is 0 Å². The predicted molar refractivity (Wildman–Crippen MR) is 69.4 cm³/mol. The van der Waals surface area contributed by atoms with Gasteiger partial charge < -0.3 is 15.7 Å². The first-order valence-electron chi connectivity index (χ1n) is 6.84. The van der Waals surface area contributed by atoms with Gasteiger partial charge in [-0.05, 0) is 25.7 Å². The Morgan fingerprint density at radius 3 is 2.61 bits per heavy atom. The van der Waals surface area contributed by atoms with Crippen LogP contribution in [0.1, 0.15) is 51.9 Å². The lowest BCUT2D eigenvalue weighted by Crippen LogP contribution is -2.41. The standard InChI is InChI=1S/C13H24N2O3/c1-10(6-7-12(16)17)15-13(18)14-9-8-11-4-2-3-5-11/h10-11H,2-9H2,1H3,(H,16,17)(H2,14,15,18). The van der Waals surface area contributed by atoms with Gasteiger partial charge in [0.1, 0.15) is 0 Å². The quantitative estimate of drug-likeness (QED) is 0.653. The van der Waals surface area contributed by atoms with Gasteiger partial charge in [0.05, 0.1) is 0 Å². The van der Waals surface area contributed by atoms with Gasteiger partial charge in [0.25, 0.3) is 0 Å². The van der Waals surface area contributed by atoms with Gasteiger partial charge in [-0.15, -0.1) is 0 Å². The van der Waals surface area contributed by atoms with E-state index >= 15 is 0 Å². The van der Waals surface area contributed by atoms with Gasteiger partial charge >= 0.3 is 12.0 Å². The van der Waals surface area contributed by atoms with Crippen molar-refractivity contribution in [3.8, 4) is 0 Å². The molecule has 0 aliphatic heterocycles. The average Bonchev–Trinajstić information content (AvgIpc) is 2.79. The number of rotatable bonds is 7. The minimum absolute atomic E-state index is 0.0868. The summed E-state index contributed by atoms with van der Waals surface area (Å²) in [6, 6.07) is -0.293. The third kappa shape index (κ3) is 6.47. The maximum atomic E-state index is 11.5. The number of carbonyl (C=O) groups excluding carboxylic acids is 1. The maximum Gasteiger partial charge on any atom is 0.314 e. The fourth-order valence-corrected chi connectivity index (χ4v) is 2.38. The summed E-state index contributed by atoms with van der Waals surface area (Å²) in [7, 11) is 0. The van der Waals surface area contributed by atoms with Crippen molar-refractivity contribution in [1.82, 2.24) is 10.6 Å². The van der Waals surface area contributed by atoms with Crippen molar-refractivity contribution >= 4 is 12.0 Å². The first-order chi connectivity index (χ1) is 8.58. The lowest BCUT2D eigenvalue weighted by atomic mass is 10.0. The SMILES string of the molecule is CC(CCC(=O)O)NC(=O)NCCC1CCCC1. The number of carboxylic acids is 1. The van der Waals surface area contributed by atoms with E-state index in [0.717, 1.165) is 12.3 Å². The van der Waals surface area contributed by atoms with Crippen LogP contribution in [-0.4, -0.2) is 29.7 Å². The van der Waals surface area contributed by atoms with E-state index in [1.807, 2.05) is 6.92 Å². The minimum Gasteiger partial charge on any atom is -0.481 e. The highest BCUT2D eigenvalue weighted by molar-refractivity contribution is 5.74. The molecule has 2 amide bonds. The molecule has 1 atom stereocenters.